The van der Waals surface area contributed by atoms with Gasteiger partial charge in [-0.05, 0) is 49.4 Å². The number of amides is 2. The summed E-state index contributed by atoms with van der Waals surface area (Å²) in [6.45, 7) is 1.99. The minimum Gasteiger partial charge on any atom is -0.496 e. The lowest BCUT2D eigenvalue weighted by Gasteiger charge is -2.18. The Morgan fingerprint density at radius 2 is 1.50 bits per heavy atom. The topological polar surface area (TPSA) is 61.9 Å². The fourth-order valence-electron chi connectivity index (χ4n) is 3.66. The number of hydrogen-bond donors (Lipinski definition) is 1. The van der Waals surface area contributed by atoms with Crippen molar-refractivity contribution in [1.82, 2.24) is 0 Å². The maximum atomic E-state index is 13.6. The zero-order valence-electron chi connectivity index (χ0n) is 18.5. The van der Waals surface area contributed by atoms with E-state index in [0.29, 0.717) is 17.0 Å². The molecule has 3 aromatic rings. The first kappa shape index (κ1) is 21.2. The molecule has 0 spiro atoms. The Kier molecular flexibility index (Phi) is 5.69. The Morgan fingerprint density at radius 1 is 0.844 bits per heavy atom. The van der Waals surface area contributed by atoms with Crippen molar-refractivity contribution in [2.75, 3.05) is 36.3 Å². The molecule has 0 saturated carbocycles. The zero-order chi connectivity index (χ0) is 22.8. The van der Waals surface area contributed by atoms with Gasteiger partial charge in [-0.1, -0.05) is 35.9 Å². The molecule has 0 unspecified atom stereocenters. The van der Waals surface area contributed by atoms with Crippen LogP contribution in [0.5, 0.6) is 5.75 Å². The first-order valence-electron chi connectivity index (χ1n) is 10.3. The third-order valence-electron chi connectivity index (χ3n) is 5.41. The van der Waals surface area contributed by atoms with Crippen LogP contribution in [0.15, 0.2) is 78.5 Å². The van der Waals surface area contributed by atoms with Gasteiger partial charge in [-0.25, -0.2) is 4.90 Å². The summed E-state index contributed by atoms with van der Waals surface area (Å²) >= 11 is 0. The lowest BCUT2D eigenvalue weighted by atomic mass is 10.0. The second kappa shape index (κ2) is 8.59. The van der Waals surface area contributed by atoms with Crippen LogP contribution in [0, 0.1) is 6.92 Å². The summed E-state index contributed by atoms with van der Waals surface area (Å²) in [5.41, 5.74) is 4.39. The molecule has 0 fully saturated rings. The monoisotopic (exact) mass is 427 g/mol. The van der Waals surface area contributed by atoms with Gasteiger partial charge in [0.15, 0.2) is 0 Å². The molecular formula is C26H25N3O3. The standard InChI is InChI=1S/C26H25N3O3/c1-17-9-11-18(12-10-17)27-24-23(21-7-5-6-8-22(21)32-4)25(30)29(26(24)31)20-15-13-19(14-16-20)28(2)3/h5-16,27H,1-4H3. The summed E-state index contributed by atoms with van der Waals surface area (Å²) in [5.74, 6) is -0.280. The van der Waals surface area contributed by atoms with Crippen LogP contribution in [-0.4, -0.2) is 33.0 Å². The van der Waals surface area contributed by atoms with Crippen molar-refractivity contribution in [2.45, 2.75) is 6.92 Å². The number of carbonyl (C=O) groups excluding carboxylic acids is 2. The number of imide groups is 1. The van der Waals surface area contributed by atoms with Gasteiger partial charge >= 0.3 is 0 Å². The highest BCUT2D eigenvalue weighted by Crippen LogP contribution is 2.37. The second-order valence-electron chi connectivity index (χ2n) is 7.80. The number of anilines is 3. The summed E-state index contributed by atoms with van der Waals surface area (Å²) in [4.78, 5) is 30.3. The lowest BCUT2D eigenvalue weighted by Crippen LogP contribution is -2.32. The van der Waals surface area contributed by atoms with Crippen molar-refractivity contribution in [3.8, 4) is 5.75 Å². The normalized spacial score (nSPS) is 13.6. The second-order valence-corrected chi connectivity index (χ2v) is 7.80. The van der Waals surface area contributed by atoms with E-state index >= 15 is 0 Å². The highest BCUT2D eigenvalue weighted by molar-refractivity contribution is 6.46. The van der Waals surface area contributed by atoms with E-state index in [1.54, 1.807) is 31.4 Å². The lowest BCUT2D eigenvalue weighted by molar-refractivity contribution is -0.120. The van der Waals surface area contributed by atoms with Gasteiger partial charge in [0.05, 0.1) is 18.4 Å². The minimum absolute atomic E-state index is 0.222. The predicted molar refractivity (Wildman–Crippen MR) is 128 cm³/mol. The molecule has 0 atom stereocenters. The molecule has 1 N–H and O–H groups in total. The van der Waals surface area contributed by atoms with Crippen molar-refractivity contribution >= 4 is 34.4 Å². The van der Waals surface area contributed by atoms with E-state index in [4.69, 9.17) is 4.74 Å². The molecular weight excluding hydrogens is 402 g/mol. The zero-order valence-corrected chi connectivity index (χ0v) is 18.5. The molecule has 6 heteroatoms. The van der Waals surface area contributed by atoms with Crippen LogP contribution in [0.2, 0.25) is 0 Å². The van der Waals surface area contributed by atoms with Gasteiger partial charge in [-0.15, -0.1) is 0 Å². The molecule has 0 saturated heterocycles. The van der Waals surface area contributed by atoms with E-state index in [0.717, 1.165) is 16.9 Å². The van der Waals surface area contributed by atoms with Crippen molar-refractivity contribution in [3.63, 3.8) is 0 Å². The van der Waals surface area contributed by atoms with Crippen molar-refractivity contribution in [1.29, 1.82) is 0 Å². The molecule has 1 aliphatic heterocycles. The van der Waals surface area contributed by atoms with Crippen LogP contribution in [0.25, 0.3) is 5.57 Å². The van der Waals surface area contributed by atoms with Crippen LogP contribution < -0.4 is 19.9 Å². The Morgan fingerprint density at radius 3 is 2.12 bits per heavy atom. The average Bonchev–Trinajstić information content (AvgIpc) is 3.04. The van der Waals surface area contributed by atoms with E-state index in [1.165, 1.54) is 4.90 Å². The SMILES string of the molecule is COc1ccccc1C1=C(Nc2ccc(C)cc2)C(=O)N(c2ccc(N(C)C)cc2)C1=O. The first-order chi connectivity index (χ1) is 15.4. The molecule has 6 nitrogen and oxygen atoms in total. The average molecular weight is 428 g/mol. The van der Waals surface area contributed by atoms with E-state index in [2.05, 4.69) is 5.32 Å². The van der Waals surface area contributed by atoms with Crippen LogP contribution in [0.3, 0.4) is 0 Å². The third-order valence-corrected chi connectivity index (χ3v) is 5.41. The van der Waals surface area contributed by atoms with Gasteiger partial charge in [0.25, 0.3) is 11.8 Å². The highest BCUT2D eigenvalue weighted by Gasteiger charge is 2.41. The number of methoxy groups -OCH3 is 1. The van der Waals surface area contributed by atoms with Gasteiger partial charge in [-0.2, -0.15) is 0 Å². The summed E-state index contributed by atoms with van der Waals surface area (Å²) < 4.78 is 5.49. The summed E-state index contributed by atoms with van der Waals surface area (Å²) in [6.07, 6.45) is 0. The van der Waals surface area contributed by atoms with E-state index in [1.807, 2.05) is 74.4 Å². The minimum atomic E-state index is -0.408. The van der Waals surface area contributed by atoms with Gasteiger partial charge in [-0.3, -0.25) is 9.59 Å². The summed E-state index contributed by atoms with van der Waals surface area (Å²) in [6, 6.07) is 22.2. The smallest absolute Gasteiger partial charge is 0.282 e. The fourth-order valence-corrected chi connectivity index (χ4v) is 3.66. The maximum absolute atomic E-state index is 13.6. The Bertz CT molecular complexity index is 1200. The third kappa shape index (κ3) is 3.83. The largest absolute Gasteiger partial charge is 0.496 e. The molecule has 0 bridgehead atoms. The van der Waals surface area contributed by atoms with Gasteiger partial charge in [0.2, 0.25) is 0 Å². The number of benzene rings is 3. The molecule has 2 amide bonds. The van der Waals surface area contributed by atoms with Crippen LogP contribution in [0.1, 0.15) is 11.1 Å². The number of para-hydroxylation sites is 1. The summed E-state index contributed by atoms with van der Waals surface area (Å²) in [5, 5.41) is 3.18. The number of hydrogen-bond acceptors (Lipinski definition) is 5. The van der Waals surface area contributed by atoms with Crippen molar-refractivity contribution in [2.24, 2.45) is 0 Å². The number of rotatable bonds is 6. The van der Waals surface area contributed by atoms with Crippen LogP contribution in [0.4, 0.5) is 17.1 Å². The molecule has 162 valence electrons. The van der Waals surface area contributed by atoms with Gasteiger partial charge < -0.3 is 15.0 Å². The molecule has 3 aromatic carbocycles. The van der Waals surface area contributed by atoms with Crippen molar-refractivity contribution in [3.05, 3.63) is 89.6 Å². The highest BCUT2D eigenvalue weighted by atomic mass is 16.5. The van der Waals surface area contributed by atoms with E-state index < -0.39 is 11.8 Å². The number of carbonyl (C=O) groups is 2. The van der Waals surface area contributed by atoms with Crippen molar-refractivity contribution < 1.29 is 14.3 Å². The quantitative estimate of drug-likeness (QED) is 0.589. The number of nitrogens with zero attached hydrogens (tertiary/aromatic N) is 2. The maximum Gasteiger partial charge on any atom is 0.282 e. The number of nitrogens with one attached hydrogen (secondary N) is 1. The van der Waals surface area contributed by atoms with Crippen LogP contribution >= 0.6 is 0 Å². The fraction of sp³-hybridized carbons (Fsp3) is 0.154. The molecule has 1 aliphatic rings. The van der Waals surface area contributed by atoms with Gasteiger partial charge in [0.1, 0.15) is 11.4 Å². The Balaban J connectivity index is 1.81. The number of aryl methyl sites for hydroxylation is 1. The molecule has 0 radical (unpaired) electrons. The Labute approximate surface area is 187 Å². The van der Waals surface area contributed by atoms with E-state index in [9.17, 15) is 9.59 Å². The molecule has 0 aliphatic carbocycles. The van der Waals surface area contributed by atoms with Gasteiger partial charge in [0, 0.05) is 31.0 Å². The Hall–Kier alpha value is -4.06. The summed E-state index contributed by atoms with van der Waals surface area (Å²) in [7, 11) is 5.42. The first-order valence-corrected chi connectivity index (χ1v) is 10.3. The molecule has 0 aromatic heterocycles. The number of ether oxygens (including phenoxy) is 1. The molecule has 32 heavy (non-hydrogen) atoms. The predicted octanol–water partition coefficient (Wildman–Crippen LogP) is 4.47. The van der Waals surface area contributed by atoms with E-state index in [-0.39, 0.29) is 11.3 Å². The molecule has 1 heterocycles. The molecule has 4 rings (SSSR count). The van der Waals surface area contributed by atoms with Crippen LogP contribution in [-0.2, 0) is 9.59 Å².